The highest BCUT2D eigenvalue weighted by Crippen LogP contribution is 2.26. The SMILES string of the molecule is CO[C@H]1C[C@H](CCCC(=O)N2C(=O)OC[C@H]2C(C)C)O[C@@H](C)C1. The van der Waals surface area contributed by atoms with E-state index in [2.05, 4.69) is 6.92 Å². The van der Waals surface area contributed by atoms with E-state index >= 15 is 0 Å². The average Bonchev–Trinajstić information content (AvgIpc) is 2.88. The predicted molar refractivity (Wildman–Crippen MR) is 85.0 cm³/mol. The molecule has 0 aromatic rings. The quantitative estimate of drug-likeness (QED) is 0.750. The maximum absolute atomic E-state index is 12.4. The first kappa shape index (κ1) is 18.2. The van der Waals surface area contributed by atoms with Crippen molar-refractivity contribution >= 4 is 12.0 Å². The van der Waals surface area contributed by atoms with Crippen LogP contribution in [0.4, 0.5) is 4.79 Å². The van der Waals surface area contributed by atoms with E-state index in [4.69, 9.17) is 14.2 Å². The van der Waals surface area contributed by atoms with E-state index in [1.165, 1.54) is 4.90 Å². The van der Waals surface area contributed by atoms with Gasteiger partial charge in [0.15, 0.2) is 0 Å². The number of ether oxygens (including phenoxy) is 3. The smallest absolute Gasteiger partial charge is 0.416 e. The molecule has 6 nitrogen and oxygen atoms in total. The minimum atomic E-state index is -0.504. The van der Waals surface area contributed by atoms with Gasteiger partial charge in [-0.1, -0.05) is 13.8 Å². The van der Waals surface area contributed by atoms with Gasteiger partial charge in [-0.3, -0.25) is 4.79 Å². The Kier molecular flexibility index (Phi) is 6.41. The first-order chi connectivity index (χ1) is 10.9. The third-order valence-electron chi connectivity index (χ3n) is 4.74. The summed E-state index contributed by atoms with van der Waals surface area (Å²) in [6.45, 7) is 6.35. The molecule has 0 spiro atoms. The fraction of sp³-hybridized carbons (Fsp3) is 0.882. The minimum absolute atomic E-state index is 0.128. The number of cyclic esters (lactones) is 1. The van der Waals surface area contributed by atoms with Crippen LogP contribution in [0.1, 0.15) is 52.9 Å². The van der Waals surface area contributed by atoms with Gasteiger partial charge >= 0.3 is 6.09 Å². The molecule has 0 aliphatic carbocycles. The molecule has 4 atom stereocenters. The number of imide groups is 1. The van der Waals surface area contributed by atoms with Crippen LogP contribution in [0, 0.1) is 5.92 Å². The van der Waals surface area contributed by atoms with E-state index in [1.54, 1.807) is 7.11 Å². The first-order valence-corrected chi connectivity index (χ1v) is 8.59. The summed E-state index contributed by atoms with van der Waals surface area (Å²) in [5, 5.41) is 0. The van der Waals surface area contributed by atoms with E-state index in [1.807, 2.05) is 13.8 Å². The molecule has 2 saturated heterocycles. The summed E-state index contributed by atoms with van der Waals surface area (Å²) in [6.07, 6.45) is 3.71. The van der Waals surface area contributed by atoms with Crippen LogP contribution in [-0.4, -0.2) is 55.0 Å². The lowest BCUT2D eigenvalue weighted by Crippen LogP contribution is -2.41. The maximum Gasteiger partial charge on any atom is 0.416 e. The number of hydrogen-bond acceptors (Lipinski definition) is 5. The Morgan fingerprint density at radius 3 is 2.78 bits per heavy atom. The molecule has 0 unspecified atom stereocenters. The molecule has 0 aromatic heterocycles. The van der Waals surface area contributed by atoms with Crippen molar-refractivity contribution in [3.63, 3.8) is 0 Å². The molecule has 0 N–H and O–H groups in total. The van der Waals surface area contributed by atoms with Crippen LogP contribution in [0.15, 0.2) is 0 Å². The normalized spacial score (nSPS) is 31.5. The molecule has 2 heterocycles. The topological polar surface area (TPSA) is 65.1 Å². The largest absolute Gasteiger partial charge is 0.447 e. The van der Waals surface area contributed by atoms with Gasteiger partial charge in [0.05, 0.1) is 24.4 Å². The number of methoxy groups -OCH3 is 1. The molecule has 0 radical (unpaired) electrons. The van der Waals surface area contributed by atoms with Crippen LogP contribution in [0.5, 0.6) is 0 Å². The Morgan fingerprint density at radius 2 is 2.13 bits per heavy atom. The lowest BCUT2D eigenvalue weighted by Gasteiger charge is -2.33. The Bertz CT molecular complexity index is 425. The van der Waals surface area contributed by atoms with Crippen molar-refractivity contribution in [2.45, 2.75) is 77.2 Å². The summed E-state index contributed by atoms with van der Waals surface area (Å²) in [5.41, 5.74) is 0. The second-order valence-electron chi connectivity index (χ2n) is 6.94. The number of carbonyl (C=O) groups excluding carboxylic acids is 2. The number of amides is 2. The van der Waals surface area contributed by atoms with Crippen molar-refractivity contribution in [2.24, 2.45) is 5.92 Å². The summed E-state index contributed by atoms with van der Waals surface area (Å²) in [6, 6.07) is -0.140. The minimum Gasteiger partial charge on any atom is -0.447 e. The molecule has 2 rings (SSSR count). The van der Waals surface area contributed by atoms with E-state index in [0.717, 1.165) is 19.3 Å². The van der Waals surface area contributed by atoms with E-state index in [0.29, 0.717) is 19.4 Å². The molecule has 132 valence electrons. The van der Waals surface area contributed by atoms with Gasteiger partial charge < -0.3 is 14.2 Å². The van der Waals surface area contributed by atoms with Gasteiger partial charge in [0.1, 0.15) is 6.61 Å². The highest BCUT2D eigenvalue weighted by Gasteiger charge is 2.39. The van der Waals surface area contributed by atoms with Gasteiger partial charge in [0.25, 0.3) is 0 Å². The molecular weight excluding hydrogens is 298 g/mol. The van der Waals surface area contributed by atoms with Crippen molar-refractivity contribution in [1.29, 1.82) is 0 Å². The van der Waals surface area contributed by atoms with Gasteiger partial charge in [-0.25, -0.2) is 9.69 Å². The van der Waals surface area contributed by atoms with Crippen molar-refractivity contribution in [2.75, 3.05) is 13.7 Å². The van der Waals surface area contributed by atoms with Crippen molar-refractivity contribution in [3.8, 4) is 0 Å². The zero-order valence-corrected chi connectivity index (χ0v) is 14.6. The summed E-state index contributed by atoms with van der Waals surface area (Å²) in [5.74, 6) is 0.0636. The zero-order valence-electron chi connectivity index (χ0n) is 14.6. The van der Waals surface area contributed by atoms with E-state index in [9.17, 15) is 9.59 Å². The molecule has 0 bridgehead atoms. The highest BCUT2D eigenvalue weighted by molar-refractivity contribution is 5.93. The van der Waals surface area contributed by atoms with Gasteiger partial charge in [0, 0.05) is 13.5 Å². The van der Waals surface area contributed by atoms with Crippen LogP contribution < -0.4 is 0 Å². The molecule has 23 heavy (non-hydrogen) atoms. The molecule has 0 aromatic carbocycles. The molecule has 2 aliphatic heterocycles. The Morgan fingerprint density at radius 1 is 1.39 bits per heavy atom. The van der Waals surface area contributed by atoms with Gasteiger partial charge in [-0.05, 0) is 38.5 Å². The average molecular weight is 327 g/mol. The standard InChI is InChI=1S/C17H29NO5/c1-11(2)15-10-22-17(20)18(15)16(19)7-5-6-13-9-14(21-4)8-12(3)23-13/h11-15H,5-10H2,1-4H3/t12-,13-,14+,15-/m0/s1. The second-order valence-corrected chi connectivity index (χ2v) is 6.94. The summed E-state index contributed by atoms with van der Waals surface area (Å²) < 4.78 is 16.4. The fourth-order valence-electron chi connectivity index (χ4n) is 3.39. The van der Waals surface area contributed by atoms with Gasteiger partial charge in [0.2, 0.25) is 5.91 Å². The Hall–Kier alpha value is -1.14. The van der Waals surface area contributed by atoms with Crippen LogP contribution in [0.2, 0.25) is 0 Å². The van der Waals surface area contributed by atoms with Crippen molar-refractivity contribution in [3.05, 3.63) is 0 Å². The van der Waals surface area contributed by atoms with Gasteiger partial charge in [-0.15, -0.1) is 0 Å². The lowest BCUT2D eigenvalue weighted by atomic mass is 9.97. The van der Waals surface area contributed by atoms with E-state index < -0.39 is 6.09 Å². The Labute approximate surface area is 138 Å². The highest BCUT2D eigenvalue weighted by atomic mass is 16.6. The van der Waals surface area contributed by atoms with Crippen LogP contribution in [0.25, 0.3) is 0 Å². The van der Waals surface area contributed by atoms with Gasteiger partial charge in [-0.2, -0.15) is 0 Å². The maximum atomic E-state index is 12.4. The summed E-state index contributed by atoms with van der Waals surface area (Å²) in [4.78, 5) is 25.4. The summed E-state index contributed by atoms with van der Waals surface area (Å²) >= 11 is 0. The number of hydrogen-bond donors (Lipinski definition) is 0. The molecule has 0 saturated carbocycles. The third kappa shape index (κ3) is 4.67. The molecule has 6 heteroatoms. The monoisotopic (exact) mass is 327 g/mol. The number of nitrogens with zero attached hydrogens (tertiary/aromatic N) is 1. The lowest BCUT2D eigenvalue weighted by molar-refractivity contribution is -0.130. The van der Waals surface area contributed by atoms with Crippen LogP contribution in [0.3, 0.4) is 0 Å². The predicted octanol–water partition coefficient (Wildman–Crippen LogP) is 2.74. The first-order valence-electron chi connectivity index (χ1n) is 8.59. The molecule has 2 aliphatic rings. The van der Waals surface area contributed by atoms with E-state index in [-0.39, 0.29) is 36.2 Å². The molecule has 2 amide bonds. The van der Waals surface area contributed by atoms with Crippen molar-refractivity contribution < 1.29 is 23.8 Å². The second kappa shape index (κ2) is 8.11. The summed E-state index contributed by atoms with van der Waals surface area (Å²) in [7, 11) is 1.73. The zero-order chi connectivity index (χ0) is 17.0. The van der Waals surface area contributed by atoms with Crippen molar-refractivity contribution in [1.82, 2.24) is 4.90 Å². The number of rotatable bonds is 6. The third-order valence-corrected chi connectivity index (χ3v) is 4.74. The Balaban J connectivity index is 1.79. The van der Waals surface area contributed by atoms with Crippen LogP contribution >= 0.6 is 0 Å². The van der Waals surface area contributed by atoms with Crippen LogP contribution in [-0.2, 0) is 19.0 Å². The molecule has 2 fully saturated rings. The fourth-order valence-corrected chi connectivity index (χ4v) is 3.39. The molecular formula is C17H29NO5. The number of carbonyl (C=O) groups is 2.